The Labute approximate surface area is 84.2 Å². The van der Waals surface area contributed by atoms with Crippen molar-refractivity contribution in [2.45, 2.75) is 40.5 Å². The van der Waals surface area contributed by atoms with E-state index in [-0.39, 0.29) is 5.56 Å². The summed E-state index contributed by atoms with van der Waals surface area (Å²) in [6.07, 6.45) is -0.518. The number of aryl methyl sites for hydroxylation is 2. The molecule has 0 N–H and O–H groups in total. The average molecular weight is 201 g/mol. The Kier molecular flexibility index (Phi) is 6.00. The Morgan fingerprint density at radius 1 is 1.36 bits per heavy atom. The van der Waals surface area contributed by atoms with Gasteiger partial charge in [0.05, 0.1) is 0 Å². The van der Waals surface area contributed by atoms with Crippen molar-refractivity contribution >= 4 is 0 Å². The zero-order valence-corrected chi connectivity index (χ0v) is 9.14. The van der Waals surface area contributed by atoms with E-state index in [0.29, 0.717) is 12.0 Å². The first-order chi connectivity index (χ1) is 6.65. The molecular formula is C11H17F2N. The molecule has 1 heterocycles. The van der Waals surface area contributed by atoms with Crippen LogP contribution in [0.5, 0.6) is 0 Å². The molecule has 0 aliphatic carbocycles. The van der Waals surface area contributed by atoms with Crippen LogP contribution in [-0.2, 0) is 6.42 Å². The van der Waals surface area contributed by atoms with Crippen LogP contribution in [0.25, 0.3) is 0 Å². The van der Waals surface area contributed by atoms with Gasteiger partial charge in [-0.2, -0.15) is 0 Å². The minimum atomic E-state index is -2.41. The molecule has 0 aromatic carbocycles. The molecule has 0 bridgehead atoms. The predicted octanol–water partition coefficient (Wildman–Crippen LogP) is 3.92. The maximum absolute atomic E-state index is 12.3. The standard InChI is InChI=1S/C9H11F2N.C2H6/c1-3-7-4-6(2)12-5-8(7)9(10)11;1-2/h4-5,9H,3H2,1-2H3;1-2H3. The molecule has 1 aromatic rings. The van der Waals surface area contributed by atoms with Crippen LogP contribution in [0.15, 0.2) is 12.3 Å². The molecule has 0 saturated carbocycles. The van der Waals surface area contributed by atoms with Crippen molar-refractivity contribution in [3.05, 3.63) is 29.1 Å². The van der Waals surface area contributed by atoms with Crippen LogP contribution in [0.1, 0.15) is 44.0 Å². The lowest BCUT2D eigenvalue weighted by atomic mass is 10.1. The number of alkyl halides is 2. The van der Waals surface area contributed by atoms with Crippen LogP contribution in [0.3, 0.4) is 0 Å². The van der Waals surface area contributed by atoms with Gasteiger partial charge in [0.25, 0.3) is 6.43 Å². The molecule has 0 radical (unpaired) electrons. The third kappa shape index (κ3) is 3.40. The molecule has 1 aromatic heterocycles. The highest BCUT2D eigenvalue weighted by Crippen LogP contribution is 2.22. The van der Waals surface area contributed by atoms with Gasteiger partial charge in [-0.3, -0.25) is 4.98 Å². The van der Waals surface area contributed by atoms with Crippen molar-refractivity contribution in [3.63, 3.8) is 0 Å². The highest BCUT2D eigenvalue weighted by Gasteiger charge is 2.11. The lowest BCUT2D eigenvalue weighted by Crippen LogP contribution is -1.96. The van der Waals surface area contributed by atoms with E-state index in [1.165, 1.54) is 6.20 Å². The van der Waals surface area contributed by atoms with Gasteiger partial charge in [0.1, 0.15) is 0 Å². The lowest BCUT2D eigenvalue weighted by molar-refractivity contribution is 0.150. The van der Waals surface area contributed by atoms with Gasteiger partial charge >= 0.3 is 0 Å². The van der Waals surface area contributed by atoms with E-state index in [9.17, 15) is 8.78 Å². The van der Waals surface area contributed by atoms with E-state index in [4.69, 9.17) is 0 Å². The maximum Gasteiger partial charge on any atom is 0.265 e. The molecule has 0 spiro atoms. The first kappa shape index (κ1) is 13.0. The fourth-order valence-corrected chi connectivity index (χ4v) is 1.13. The molecule has 3 heteroatoms. The quantitative estimate of drug-likeness (QED) is 0.706. The van der Waals surface area contributed by atoms with Crippen molar-refractivity contribution < 1.29 is 8.78 Å². The second-order valence-corrected chi connectivity index (χ2v) is 2.68. The van der Waals surface area contributed by atoms with Gasteiger partial charge in [0, 0.05) is 17.5 Å². The highest BCUT2D eigenvalue weighted by molar-refractivity contribution is 5.27. The highest BCUT2D eigenvalue weighted by atomic mass is 19.3. The number of aromatic nitrogens is 1. The zero-order valence-electron chi connectivity index (χ0n) is 9.14. The van der Waals surface area contributed by atoms with Crippen LogP contribution < -0.4 is 0 Å². The number of hydrogen-bond acceptors (Lipinski definition) is 1. The number of pyridine rings is 1. The second-order valence-electron chi connectivity index (χ2n) is 2.68. The minimum Gasteiger partial charge on any atom is -0.261 e. The monoisotopic (exact) mass is 201 g/mol. The number of halogens is 2. The topological polar surface area (TPSA) is 12.9 Å². The molecule has 0 fully saturated rings. The number of hydrogen-bond donors (Lipinski definition) is 0. The number of rotatable bonds is 2. The molecule has 80 valence electrons. The van der Waals surface area contributed by atoms with Gasteiger partial charge in [-0.25, -0.2) is 8.78 Å². The summed E-state index contributed by atoms with van der Waals surface area (Å²) in [4.78, 5) is 3.83. The normalized spacial score (nSPS) is 9.64. The Morgan fingerprint density at radius 2 is 1.93 bits per heavy atom. The van der Waals surface area contributed by atoms with Crippen molar-refractivity contribution in [2.75, 3.05) is 0 Å². The summed E-state index contributed by atoms with van der Waals surface area (Å²) >= 11 is 0. The summed E-state index contributed by atoms with van der Waals surface area (Å²) < 4.78 is 24.6. The second kappa shape index (κ2) is 6.46. The van der Waals surface area contributed by atoms with E-state index >= 15 is 0 Å². The van der Waals surface area contributed by atoms with Crippen molar-refractivity contribution in [1.82, 2.24) is 4.98 Å². The van der Waals surface area contributed by atoms with Gasteiger partial charge < -0.3 is 0 Å². The van der Waals surface area contributed by atoms with E-state index in [0.717, 1.165) is 5.69 Å². The van der Waals surface area contributed by atoms with Gasteiger partial charge in [-0.1, -0.05) is 20.8 Å². The number of nitrogens with zero attached hydrogens (tertiary/aromatic N) is 1. The van der Waals surface area contributed by atoms with Crippen molar-refractivity contribution in [2.24, 2.45) is 0 Å². The van der Waals surface area contributed by atoms with Crippen molar-refractivity contribution in [1.29, 1.82) is 0 Å². The smallest absolute Gasteiger partial charge is 0.261 e. The summed E-state index contributed by atoms with van der Waals surface area (Å²) in [6.45, 7) is 7.66. The Bertz CT molecular complexity index is 272. The molecular weight excluding hydrogens is 184 g/mol. The SMILES string of the molecule is CC.CCc1cc(C)ncc1C(F)F. The molecule has 1 nitrogen and oxygen atoms in total. The zero-order chi connectivity index (χ0) is 11.1. The minimum absolute atomic E-state index is 0.0584. The third-order valence-electron chi connectivity index (χ3n) is 1.78. The fraction of sp³-hybridized carbons (Fsp3) is 0.545. The summed E-state index contributed by atoms with van der Waals surface area (Å²) in [7, 11) is 0. The molecule has 0 amide bonds. The van der Waals surface area contributed by atoms with Crippen LogP contribution in [0.4, 0.5) is 8.78 Å². The molecule has 1 rings (SSSR count). The average Bonchev–Trinajstić information content (AvgIpc) is 2.20. The van der Waals surface area contributed by atoms with Gasteiger partial charge in [0.15, 0.2) is 0 Å². The van der Waals surface area contributed by atoms with Crippen LogP contribution in [0, 0.1) is 6.92 Å². The van der Waals surface area contributed by atoms with Gasteiger partial charge in [-0.05, 0) is 25.0 Å². The third-order valence-corrected chi connectivity index (χ3v) is 1.78. The van der Waals surface area contributed by atoms with E-state index in [1.807, 2.05) is 20.8 Å². The molecule has 0 aliphatic rings. The van der Waals surface area contributed by atoms with Crippen LogP contribution in [0.2, 0.25) is 0 Å². The molecule has 0 aliphatic heterocycles. The Balaban J connectivity index is 0.000000791. The van der Waals surface area contributed by atoms with E-state index in [2.05, 4.69) is 4.98 Å². The van der Waals surface area contributed by atoms with Crippen LogP contribution in [-0.4, -0.2) is 4.98 Å². The fourth-order valence-electron chi connectivity index (χ4n) is 1.13. The summed E-state index contributed by atoms with van der Waals surface area (Å²) in [5.41, 5.74) is 1.54. The largest absolute Gasteiger partial charge is 0.265 e. The van der Waals surface area contributed by atoms with Gasteiger partial charge in [0.2, 0.25) is 0 Å². The Hall–Kier alpha value is -0.990. The van der Waals surface area contributed by atoms with E-state index < -0.39 is 6.43 Å². The Morgan fingerprint density at radius 3 is 2.36 bits per heavy atom. The summed E-state index contributed by atoms with van der Waals surface area (Å²) in [5, 5.41) is 0. The first-order valence-corrected chi connectivity index (χ1v) is 4.88. The van der Waals surface area contributed by atoms with Crippen LogP contribution >= 0.6 is 0 Å². The molecule has 14 heavy (non-hydrogen) atoms. The lowest BCUT2D eigenvalue weighted by Gasteiger charge is -2.06. The maximum atomic E-state index is 12.3. The summed E-state index contributed by atoms with van der Waals surface area (Å²) in [6, 6.07) is 1.71. The first-order valence-electron chi connectivity index (χ1n) is 4.88. The molecule has 0 unspecified atom stereocenters. The molecule has 0 saturated heterocycles. The van der Waals surface area contributed by atoms with Gasteiger partial charge in [-0.15, -0.1) is 0 Å². The van der Waals surface area contributed by atoms with Crippen molar-refractivity contribution in [3.8, 4) is 0 Å². The summed E-state index contributed by atoms with van der Waals surface area (Å²) in [5.74, 6) is 0. The van der Waals surface area contributed by atoms with E-state index in [1.54, 1.807) is 13.0 Å². The molecule has 0 atom stereocenters. The predicted molar refractivity (Wildman–Crippen MR) is 54.7 cm³/mol.